The summed E-state index contributed by atoms with van der Waals surface area (Å²) in [6.45, 7) is 11.1. The fourth-order valence-corrected chi connectivity index (χ4v) is 3.34. The van der Waals surface area contributed by atoms with Crippen molar-refractivity contribution in [3.05, 3.63) is 0 Å². The van der Waals surface area contributed by atoms with Gasteiger partial charge in [-0.2, -0.15) is 0 Å². The third kappa shape index (κ3) is 7.08. The van der Waals surface area contributed by atoms with Crippen LogP contribution >= 0.6 is 0 Å². The van der Waals surface area contributed by atoms with Crippen molar-refractivity contribution >= 4 is 0 Å². The molecule has 0 aromatic heterocycles. The Morgan fingerprint density at radius 2 is 1.95 bits per heavy atom. The van der Waals surface area contributed by atoms with E-state index in [0.717, 1.165) is 19.1 Å². The van der Waals surface area contributed by atoms with E-state index in [1.807, 2.05) is 0 Å². The zero-order chi connectivity index (χ0) is 14.8. The molecule has 0 radical (unpaired) electrons. The quantitative estimate of drug-likeness (QED) is 0.575. The first-order valence-electron chi connectivity index (χ1n) is 8.95. The van der Waals surface area contributed by atoms with E-state index in [1.54, 1.807) is 0 Å². The van der Waals surface area contributed by atoms with Crippen molar-refractivity contribution in [1.82, 2.24) is 5.32 Å². The van der Waals surface area contributed by atoms with Crippen LogP contribution in [0.3, 0.4) is 0 Å². The lowest BCUT2D eigenvalue weighted by atomic mass is 9.78. The molecule has 20 heavy (non-hydrogen) atoms. The molecule has 0 amide bonds. The molecule has 0 bridgehead atoms. The summed E-state index contributed by atoms with van der Waals surface area (Å²) in [6.07, 6.45) is 11.8. The highest BCUT2D eigenvalue weighted by Crippen LogP contribution is 2.35. The van der Waals surface area contributed by atoms with Crippen LogP contribution in [0, 0.1) is 5.92 Å². The van der Waals surface area contributed by atoms with E-state index < -0.39 is 0 Å². The van der Waals surface area contributed by atoms with Crippen LogP contribution < -0.4 is 5.32 Å². The lowest BCUT2D eigenvalue weighted by Gasteiger charge is -2.40. The van der Waals surface area contributed by atoms with Crippen molar-refractivity contribution in [2.75, 3.05) is 13.2 Å². The fraction of sp³-hybridized carbons (Fsp3) is 1.00. The van der Waals surface area contributed by atoms with Gasteiger partial charge >= 0.3 is 0 Å². The first-order valence-corrected chi connectivity index (χ1v) is 8.95. The predicted octanol–water partition coefficient (Wildman–Crippen LogP) is 4.92. The van der Waals surface area contributed by atoms with Gasteiger partial charge in [0.25, 0.3) is 0 Å². The van der Waals surface area contributed by atoms with E-state index in [9.17, 15) is 0 Å². The average molecular weight is 284 g/mol. The zero-order valence-corrected chi connectivity index (χ0v) is 14.3. The summed E-state index contributed by atoms with van der Waals surface area (Å²) in [6, 6.07) is 0.553. The van der Waals surface area contributed by atoms with Gasteiger partial charge < -0.3 is 10.1 Å². The molecule has 120 valence electrons. The molecule has 1 aliphatic rings. The van der Waals surface area contributed by atoms with Crippen LogP contribution in [0.4, 0.5) is 0 Å². The average Bonchev–Trinajstić information content (AvgIpc) is 2.41. The molecule has 1 N–H and O–H groups in total. The van der Waals surface area contributed by atoms with Gasteiger partial charge in [0.1, 0.15) is 0 Å². The SMILES string of the molecule is CCCCCCCOC1(CNC(C)C)CCCC(C)C1. The summed E-state index contributed by atoms with van der Waals surface area (Å²) in [7, 11) is 0. The van der Waals surface area contributed by atoms with Gasteiger partial charge in [-0.05, 0) is 25.2 Å². The summed E-state index contributed by atoms with van der Waals surface area (Å²) in [5, 5.41) is 3.61. The molecule has 0 saturated heterocycles. The molecule has 1 rings (SSSR count). The topological polar surface area (TPSA) is 21.3 Å². The summed E-state index contributed by atoms with van der Waals surface area (Å²) >= 11 is 0. The third-order valence-corrected chi connectivity index (χ3v) is 4.54. The minimum Gasteiger partial charge on any atom is -0.374 e. The van der Waals surface area contributed by atoms with Gasteiger partial charge in [0.15, 0.2) is 0 Å². The van der Waals surface area contributed by atoms with Crippen molar-refractivity contribution < 1.29 is 4.74 Å². The number of rotatable bonds is 10. The van der Waals surface area contributed by atoms with Crippen LogP contribution in [-0.4, -0.2) is 24.8 Å². The first kappa shape index (κ1) is 18.0. The van der Waals surface area contributed by atoms with Crippen LogP contribution in [0.25, 0.3) is 0 Å². The highest BCUT2D eigenvalue weighted by Gasteiger charge is 2.35. The monoisotopic (exact) mass is 283 g/mol. The number of unbranched alkanes of at least 4 members (excludes halogenated alkanes) is 4. The van der Waals surface area contributed by atoms with Crippen molar-refractivity contribution in [3.8, 4) is 0 Å². The van der Waals surface area contributed by atoms with E-state index in [1.165, 1.54) is 57.8 Å². The molecule has 0 heterocycles. The Balaban J connectivity index is 2.34. The Bertz CT molecular complexity index is 242. The highest BCUT2D eigenvalue weighted by molar-refractivity contribution is 4.89. The maximum absolute atomic E-state index is 6.41. The predicted molar refractivity (Wildman–Crippen MR) is 88.2 cm³/mol. The van der Waals surface area contributed by atoms with Crippen LogP contribution in [0.1, 0.15) is 85.5 Å². The number of hydrogen-bond donors (Lipinski definition) is 1. The summed E-state index contributed by atoms with van der Waals surface area (Å²) in [5.41, 5.74) is 0.118. The van der Waals surface area contributed by atoms with Gasteiger partial charge in [-0.25, -0.2) is 0 Å². The Labute approximate surface area is 127 Å². The molecule has 0 spiro atoms. The Kier molecular flexibility index (Phi) is 8.79. The van der Waals surface area contributed by atoms with Gasteiger partial charge in [0.05, 0.1) is 5.60 Å². The molecule has 2 atom stereocenters. The third-order valence-electron chi connectivity index (χ3n) is 4.54. The minimum absolute atomic E-state index is 0.118. The molecular weight excluding hydrogens is 246 g/mol. The summed E-state index contributed by atoms with van der Waals surface area (Å²) in [4.78, 5) is 0. The Hall–Kier alpha value is -0.0800. The molecule has 1 saturated carbocycles. The van der Waals surface area contributed by atoms with Crippen LogP contribution in [0.2, 0.25) is 0 Å². The smallest absolute Gasteiger partial charge is 0.0808 e. The molecule has 2 heteroatoms. The molecule has 1 fully saturated rings. The number of ether oxygens (including phenoxy) is 1. The first-order chi connectivity index (χ1) is 9.58. The number of nitrogens with one attached hydrogen (secondary N) is 1. The van der Waals surface area contributed by atoms with Crippen molar-refractivity contribution in [1.29, 1.82) is 0 Å². The lowest BCUT2D eigenvalue weighted by molar-refractivity contribution is -0.0813. The fourth-order valence-electron chi connectivity index (χ4n) is 3.34. The number of hydrogen-bond acceptors (Lipinski definition) is 2. The molecule has 1 aliphatic carbocycles. The van der Waals surface area contributed by atoms with Gasteiger partial charge in [0.2, 0.25) is 0 Å². The normalized spacial score (nSPS) is 27.1. The summed E-state index contributed by atoms with van der Waals surface area (Å²) in [5.74, 6) is 0.817. The van der Waals surface area contributed by atoms with E-state index in [2.05, 4.69) is 33.0 Å². The van der Waals surface area contributed by atoms with Crippen molar-refractivity contribution in [2.24, 2.45) is 5.92 Å². The molecule has 0 aromatic rings. The Morgan fingerprint density at radius 3 is 2.60 bits per heavy atom. The second-order valence-corrected chi connectivity index (χ2v) is 7.18. The zero-order valence-electron chi connectivity index (χ0n) is 14.3. The summed E-state index contributed by atoms with van der Waals surface area (Å²) < 4.78 is 6.41. The van der Waals surface area contributed by atoms with E-state index in [-0.39, 0.29) is 5.60 Å². The molecule has 2 nitrogen and oxygen atoms in total. The molecular formula is C18H37NO. The van der Waals surface area contributed by atoms with E-state index in [4.69, 9.17) is 4.74 Å². The van der Waals surface area contributed by atoms with Gasteiger partial charge in [-0.1, -0.05) is 66.2 Å². The lowest BCUT2D eigenvalue weighted by Crippen LogP contribution is -2.48. The van der Waals surface area contributed by atoms with Crippen LogP contribution in [0.5, 0.6) is 0 Å². The largest absolute Gasteiger partial charge is 0.374 e. The van der Waals surface area contributed by atoms with Gasteiger partial charge in [-0.3, -0.25) is 0 Å². The maximum Gasteiger partial charge on any atom is 0.0808 e. The highest BCUT2D eigenvalue weighted by atomic mass is 16.5. The Morgan fingerprint density at radius 1 is 1.20 bits per heavy atom. The van der Waals surface area contributed by atoms with E-state index >= 15 is 0 Å². The van der Waals surface area contributed by atoms with E-state index in [0.29, 0.717) is 6.04 Å². The molecule has 0 aromatic carbocycles. The molecule has 0 aliphatic heterocycles. The second kappa shape index (κ2) is 9.78. The van der Waals surface area contributed by atoms with Crippen LogP contribution in [0.15, 0.2) is 0 Å². The second-order valence-electron chi connectivity index (χ2n) is 7.18. The molecule has 2 unspecified atom stereocenters. The van der Waals surface area contributed by atoms with Crippen LogP contribution in [-0.2, 0) is 4.74 Å². The minimum atomic E-state index is 0.118. The van der Waals surface area contributed by atoms with Crippen molar-refractivity contribution in [3.63, 3.8) is 0 Å². The maximum atomic E-state index is 6.41. The van der Waals surface area contributed by atoms with Crippen molar-refractivity contribution in [2.45, 2.75) is 97.1 Å². The standard InChI is InChI=1S/C18H37NO/c1-5-6-7-8-9-13-20-18(15-19-16(2)3)12-10-11-17(4)14-18/h16-17,19H,5-15H2,1-4H3. The van der Waals surface area contributed by atoms with Gasteiger partial charge in [-0.15, -0.1) is 0 Å². The van der Waals surface area contributed by atoms with Gasteiger partial charge in [0, 0.05) is 19.2 Å².